The third-order valence-electron chi connectivity index (χ3n) is 4.40. The van der Waals surface area contributed by atoms with Crippen molar-refractivity contribution in [3.05, 3.63) is 35.9 Å². The van der Waals surface area contributed by atoms with Crippen molar-refractivity contribution in [2.24, 2.45) is 0 Å². The summed E-state index contributed by atoms with van der Waals surface area (Å²) >= 11 is 0. The molecule has 0 heterocycles. The molecule has 0 bridgehead atoms. The first-order valence-electron chi connectivity index (χ1n) is 7.62. The minimum atomic E-state index is -0.842. The van der Waals surface area contributed by atoms with Crippen LogP contribution in [0.2, 0.25) is 0 Å². The first kappa shape index (κ1) is 15.5. The summed E-state index contributed by atoms with van der Waals surface area (Å²) in [7, 11) is 0. The summed E-state index contributed by atoms with van der Waals surface area (Å²) in [5.41, 5.74) is 0.661. The van der Waals surface area contributed by atoms with Gasteiger partial charge in [-0.3, -0.25) is 9.59 Å². The van der Waals surface area contributed by atoms with Crippen LogP contribution in [-0.2, 0) is 9.59 Å². The molecule has 1 amide bonds. The molecule has 0 aliphatic heterocycles. The SMILES string of the molecule is CCC(CC(=O)NC1(CC(=O)O)CCC1)c1ccccc1. The van der Waals surface area contributed by atoms with E-state index in [1.165, 1.54) is 0 Å². The summed E-state index contributed by atoms with van der Waals surface area (Å²) in [5.74, 6) is -0.690. The lowest BCUT2D eigenvalue weighted by Crippen LogP contribution is -2.54. The zero-order valence-corrected chi connectivity index (χ0v) is 12.5. The van der Waals surface area contributed by atoms with Crippen LogP contribution in [0.25, 0.3) is 0 Å². The molecule has 4 nitrogen and oxygen atoms in total. The van der Waals surface area contributed by atoms with E-state index in [-0.39, 0.29) is 18.2 Å². The third-order valence-corrected chi connectivity index (χ3v) is 4.40. The fourth-order valence-electron chi connectivity index (χ4n) is 3.03. The number of benzene rings is 1. The molecule has 1 fully saturated rings. The van der Waals surface area contributed by atoms with Gasteiger partial charge in [0.2, 0.25) is 5.91 Å². The van der Waals surface area contributed by atoms with Crippen LogP contribution in [-0.4, -0.2) is 22.5 Å². The monoisotopic (exact) mass is 289 g/mol. The summed E-state index contributed by atoms with van der Waals surface area (Å²) < 4.78 is 0. The predicted octanol–water partition coefficient (Wildman–Crippen LogP) is 3.08. The highest BCUT2D eigenvalue weighted by molar-refractivity contribution is 5.79. The molecule has 1 aliphatic carbocycles. The first-order valence-corrected chi connectivity index (χ1v) is 7.62. The van der Waals surface area contributed by atoms with Gasteiger partial charge in [0.25, 0.3) is 0 Å². The number of nitrogens with one attached hydrogen (secondary N) is 1. The Hall–Kier alpha value is -1.84. The number of carboxylic acid groups (broad SMARTS) is 1. The average molecular weight is 289 g/mol. The van der Waals surface area contributed by atoms with E-state index in [9.17, 15) is 9.59 Å². The van der Waals surface area contributed by atoms with Crippen LogP contribution in [0.4, 0.5) is 0 Å². The van der Waals surface area contributed by atoms with Gasteiger partial charge in [0.1, 0.15) is 0 Å². The van der Waals surface area contributed by atoms with Crippen molar-refractivity contribution in [3.8, 4) is 0 Å². The standard InChI is InChI=1S/C17H23NO3/c1-2-13(14-7-4-3-5-8-14)11-15(19)18-17(9-6-10-17)12-16(20)21/h3-5,7-8,13H,2,6,9-12H2,1H3,(H,18,19)(H,20,21). The molecule has 1 aliphatic rings. The summed E-state index contributed by atoms with van der Waals surface area (Å²) in [6.45, 7) is 2.07. The van der Waals surface area contributed by atoms with E-state index in [4.69, 9.17) is 5.11 Å². The van der Waals surface area contributed by atoms with Gasteiger partial charge in [-0.25, -0.2) is 0 Å². The van der Waals surface area contributed by atoms with Gasteiger partial charge in [-0.1, -0.05) is 37.3 Å². The van der Waals surface area contributed by atoms with Crippen molar-refractivity contribution >= 4 is 11.9 Å². The molecule has 0 radical (unpaired) electrons. The second-order valence-corrected chi connectivity index (χ2v) is 5.97. The van der Waals surface area contributed by atoms with Crippen molar-refractivity contribution in [2.45, 2.75) is 56.9 Å². The van der Waals surface area contributed by atoms with Crippen LogP contribution >= 0.6 is 0 Å². The molecular weight excluding hydrogens is 266 g/mol. The molecule has 1 atom stereocenters. The Kier molecular flexibility index (Phi) is 4.99. The Labute approximate surface area is 125 Å². The molecule has 21 heavy (non-hydrogen) atoms. The minimum Gasteiger partial charge on any atom is -0.481 e. The van der Waals surface area contributed by atoms with E-state index in [1.54, 1.807) is 0 Å². The van der Waals surface area contributed by atoms with E-state index >= 15 is 0 Å². The predicted molar refractivity (Wildman–Crippen MR) is 81.1 cm³/mol. The molecule has 1 aromatic carbocycles. The number of aliphatic carboxylic acids is 1. The highest BCUT2D eigenvalue weighted by atomic mass is 16.4. The number of amides is 1. The van der Waals surface area contributed by atoms with Gasteiger partial charge in [-0.2, -0.15) is 0 Å². The second kappa shape index (κ2) is 6.74. The van der Waals surface area contributed by atoms with Gasteiger partial charge in [-0.05, 0) is 37.2 Å². The van der Waals surface area contributed by atoms with Crippen molar-refractivity contribution in [1.82, 2.24) is 5.32 Å². The number of hydrogen-bond acceptors (Lipinski definition) is 2. The zero-order chi connectivity index (χ0) is 15.3. The lowest BCUT2D eigenvalue weighted by Gasteiger charge is -2.41. The van der Waals surface area contributed by atoms with E-state index in [2.05, 4.69) is 12.2 Å². The van der Waals surface area contributed by atoms with E-state index < -0.39 is 11.5 Å². The van der Waals surface area contributed by atoms with E-state index in [0.717, 1.165) is 31.2 Å². The molecule has 1 aromatic rings. The summed E-state index contributed by atoms with van der Waals surface area (Å²) in [6, 6.07) is 10.0. The van der Waals surface area contributed by atoms with Gasteiger partial charge in [-0.15, -0.1) is 0 Å². The van der Waals surface area contributed by atoms with Crippen LogP contribution in [0.3, 0.4) is 0 Å². The van der Waals surface area contributed by atoms with Gasteiger partial charge < -0.3 is 10.4 Å². The highest BCUT2D eigenvalue weighted by Crippen LogP contribution is 2.35. The fourth-order valence-corrected chi connectivity index (χ4v) is 3.03. The average Bonchev–Trinajstić information content (AvgIpc) is 2.42. The highest BCUT2D eigenvalue weighted by Gasteiger charge is 2.40. The molecular formula is C17H23NO3. The molecule has 1 saturated carbocycles. The largest absolute Gasteiger partial charge is 0.481 e. The van der Waals surface area contributed by atoms with Crippen molar-refractivity contribution in [1.29, 1.82) is 0 Å². The number of hydrogen-bond donors (Lipinski definition) is 2. The van der Waals surface area contributed by atoms with Crippen LogP contribution in [0.15, 0.2) is 30.3 Å². The van der Waals surface area contributed by atoms with Crippen molar-refractivity contribution in [2.75, 3.05) is 0 Å². The molecule has 0 aromatic heterocycles. The van der Waals surface area contributed by atoms with Gasteiger partial charge in [0.15, 0.2) is 0 Å². The maximum Gasteiger partial charge on any atom is 0.305 e. The number of carboxylic acids is 1. The van der Waals surface area contributed by atoms with Gasteiger partial charge >= 0.3 is 5.97 Å². The molecule has 2 N–H and O–H groups in total. The quantitative estimate of drug-likeness (QED) is 0.810. The van der Waals surface area contributed by atoms with Crippen LogP contribution in [0.5, 0.6) is 0 Å². The minimum absolute atomic E-state index is 0.0286. The third kappa shape index (κ3) is 4.06. The molecule has 114 valence electrons. The lowest BCUT2D eigenvalue weighted by atomic mass is 9.74. The number of carbonyl (C=O) groups is 2. The first-order chi connectivity index (χ1) is 10.0. The number of rotatable bonds is 7. The Bertz CT molecular complexity index is 494. The molecule has 0 spiro atoms. The second-order valence-electron chi connectivity index (χ2n) is 5.97. The van der Waals surface area contributed by atoms with Crippen LogP contribution in [0, 0.1) is 0 Å². The Morgan fingerprint density at radius 3 is 2.43 bits per heavy atom. The smallest absolute Gasteiger partial charge is 0.305 e. The van der Waals surface area contributed by atoms with E-state index in [1.807, 2.05) is 30.3 Å². The molecule has 0 saturated heterocycles. The normalized spacial score (nSPS) is 17.6. The summed E-state index contributed by atoms with van der Waals surface area (Å²) in [5, 5.41) is 12.0. The Morgan fingerprint density at radius 2 is 1.95 bits per heavy atom. The topological polar surface area (TPSA) is 66.4 Å². The summed E-state index contributed by atoms with van der Waals surface area (Å²) in [6.07, 6.45) is 3.87. The maximum absolute atomic E-state index is 12.3. The van der Waals surface area contributed by atoms with Gasteiger partial charge in [0.05, 0.1) is 12.0 Å². The van der Waals surface area contributed by atoms with Crippen LogP contribution < -0.4 is 5.32 Å². The zero-order valence-electron chi connectivity index (χ0n) is 12.5. The van der Waals surface area contributed by atoms with Gasteiger partial charge in [0, 0.05) is 6.42 Å². The van der Waals surface area contributed by atoms with Crippen molar-refractivity contribution in [3.63, 3.8) is 0 Å². The maximum atomic E-state index is 12.3. The molecule has 2 rings (SSSR count). The molecule has 1 unspecified atom stereocenters. The Balaban J connectivity index is 1.95. The fraction of sp³-hybridized carbons (Fsp3) is 0.529. The lowest BCUT2D eigenvalue weighted by molar-refractivity contribution is -0.140. The van der Waals surface area contributed by atoms with E-state index in [0.29, 0.717) is 6.42 Å². The molecule has 4 heteroatoms. The van der Waals surface area contributed by atoms with Crippen molar-refractivity contribution < 1.29 is 14.7 Å². The Morgan fingerprint density at radius 1 is 1.29 bits per heavy atom. The number of carbonyl (C=O) groups excluding carboxylic acids is 1. The van der Waals surface area contributed by atoms with Crippen LogP contribution in [0.1, 0.15) is 56.9 Å². The summed E-state index contributed by atoms with van der Waals surface area (Å²) in [4.78, 5) is 23.2.